The zero-order chi connectivity index (χ0) is 21.6. The lowest BCUT2D eigenvalue weighted by Crippen LogP contribution is -2.14. The molecule has 0 unspecified atom stereocenters. The third kappa shape index (κ3) is 5.95. The van der Waals surface area contributed by atoms with Crippen LogP contribution in [0.15, 0.2) is 80.9 Å². The first-order valence-corrected chi connectivity index (χ1v) is 12.6. The van der Waals surface area contributed by atoms with Gasteiger partial charge in [0.25, 0.3) is 0 Å². The molecule has 0 atom stereocenters. The van der Waals surface area contributed by atoms with Crippen molar-refractivity contribution in [3.63, 3.8) is 0 Å². The van der Waals surface area contributed by atoms with Crippen LogP contribution in [-0.2, 0) is 4.79 Å². The quantitative estimate of drug-likeness (QED) is 0.266. The maximum atomic E-state index is 12.6. The number of aromatic nitrogens is 1. The highest BCUT2D eigenvalue weighted by Gasteiger charge is 2.11. The van der Waals surface area contributed by atoms with Crippen molar-refractivity contribution < 1.29 is 9.53 Å². The fraction of sp³-hybridized carbons (Fsp3) is 0.130. The number of nitrogens with zero attached hydrogens (tertiary/aromatic N) is 1. The molecule has 0 aliphatic rings. The van der Waals surface area contributed by atoms with Gasteiger partial charge < -0.3 is 10.1 Å². The Morgan fingerprint density at radius 2 is 1.94 bits per heavy atom. The molecule has 3 aromatic carbocycles. The van der Waals surface area contributed by atoms with E-state index in [1.54, 1.807) is 23.1 Å². The summed E-state index contributed by atoms with van der Waals surface area (Å²) in [6.45, 7) is 2.59. The van der Waals surface area contributed by atoms with E-state index in [0.29, 0.717) is 11.6 Å². The third-order valence-corrected chi connectivity index (χ3v) is 7.68. The van der Waals surface area contributed by atoms with Crippen LogP contribution in [0.3, 0.4) is 0 Å². The van der Waals surface area contributed by atoms with E-state index in [2.05, 4.69) is 10.3 Å². The number of amides is 1. The Bertz CT molecular complexity index is 1200. The standard InChI is InChI=1S/C23H19ClN2O2S3/c1-2-28-16-9-12-19-21(13-16)31-23(26-19)29-14-22(27)25-18-5-3-4-6-20(18)30-17-10-7-15(24)8-11-17/h3-13H,2,14H2,1H3,(H,25,27). The van der Waals surface area contributed by atoms with Crippen LogP contribution in [0.1, 0.15) is 6.92 Å². The van der Waals surface area contributed by atoms with Crippen LogP contribution in [0.25, 0.3) is 10.2 Å². The molecule has 1 N–H and O–H groups in total. The Balaban J connectivity index is 1.39. The lowest BCUT2D eigenvalue weighted by atomic mass is 10.3. The highest BCUT2D eigenvalue weighted by Crippen LogP contribution is 2.35. The largest absolute Gasteiger partial charge is 0.494 e. The minimum Gasteiger partial charge on any atom is -0.494 e. The van der Waals surface area contributed by atoms with Crippen molar-refractivity contribution >= 4 is 68.3 Å². The van der Waals surface area contributed by atoms with E-state index in [-0.39, 0.29) is 11.7 Å². The van der Waals surface area contributed by atoms with Crippen molar-refractivity contribution in [1.82, 2.24) is 4.98 Å². The molecule has 0 fully saturated rings. The Kier molecular flexibility index (Phi) is 7.40. The molecule has 0 spiro atoms. The molecule has 0 aliphatic carbocycles. The Hall–Kier alpha value is -2.19. The van der Waals surface area contributed by atoms with E-state index in [1.165, 1.54) is 11.8 Å². The van der Waals surface area contributed by atoms with Gasteiger partial charge in [0.1, 0.15) is 5.75 Å². The first-order valence-electron chi connectivity index (χ1n) is 9.59. The van der Waals surface area contributed by atoms with Gasteiger partial charge in [0.2, 0.25) is 5.91 Å². The van der Waals surface area contributed by atoms with E-state index in [1.807, 2.05) is 73.7 Å². The third-order valence-electron chi connectivity index (χ3n) is 4.18. The molecule has 0 bridgehead atoms. The van der Waals surface area contributed by atoms with E-state index >= 15 is 0 Å². The number of hydrogen-bond acceptors (Lipinski definition) is 6. The highest BCUT2D eigenvalue weighted by molar-refractivity contribution is 8.01. The molecule has 0 radical (unpaired) electrons. The molecule has 1 heterocycles. The van der Waals surface area contributed by atoms with Crippen molar-refractivity contribution in [3.05, 3.63) is 71.8 Å². The van der Waals surface area contributed by atoms with E-state index in [9.17, 15) is 4.79 Å². The van der Waals surface area contributed by atoms with Crippen molar-refractivity contribution in [3.8, 4) is 5.75 Å². The number of ether oxygens (including phenoxy) is 1. The van der Waals surface area contributed by atoms with E-state index in [4.69, 9.17) is 16.3 Å². The van der Waals surface area contributed by atoms with Gasteiger partial charge >= 0.3 is 0 Å². The summed E-state index contributed by atoms with van der Waals surface area (Å²) in [5.41, 5.74) is 1.71. The number of benzene rings is 3. The number of para-hydroxylation sites is 1. The monoisotopic (exact) mass is 486 g/mol. The zero-order valence-corrected chi connectivity index (χ0v) is 19.8. The number of carbonyl (C=O) groups excluding carboxylic acids is 1. The van der Waals surface area contributed by atoms with Crippen molar-refractivity contribution in [2.24, 2.45) is 0 Å². The van der Waals surface area contributed by atoms with Crippen LogP contribution in [0.2, 0.25) is 5.02 Å². The normalized spacial score (nSPS) is 10.9. The van der Waals surface area contributed by atoms with Gasteiger partial charge in [0.15, 0.2) is 4.34 Å². The minimum absolute atomic E-state index is 0.0663. The van der Waals surface area contributed by atoms with E-state index in [0.717, 1.165) is 35.8 Å². The SMILES string of the molecule is CCOc1ccc2nc(SCC(=O)Nc3ccccc3Sc3ccc(Cl)cc3)sc2c1. The van der Waals surface area contributed by atoms with Crippen LogP contribution in [0, 0.1) is 0 Å². The first kappa shape index (κ1) is 22.0. The summed E-state index contributed by atoms with van der Waals surface area (Å²) < 4.78 is 7.46. The molecule has 0 aliphatic heterocycles. The van der Waals surface area contributed by atoms with Gasteiger partial charge in [0.05, 0.1) is 28.3 Å². The van der Waals surface area contributed by atoms with E-state index < -0.39 is 0 Å². The number of rotatable bonds is 8. The summed E-state index contributed by atoms with van der Waals surface area (Å²) in [6, 6.07) is 21.3. The first-order chi connectivity index (χ1) is 15.1. The predicted octanol–water partition coefficient (Wildman–Crippen LogP) is 7.23. The number of carbonyl (C=O) groups is 1. The van der Waals surface area contributed by atoms with Crippen molar-refractivity contribution in [2.75, 3.05) is 17.7 Å². The van der Waals surface area contributed by atoms with Gasteiger partial charge in [-0.2, -0.15) is 0 Å². The van der Waals surface area contributed by atoms with Crippen LogP contribution in [-0.4, -0.2) is 23.3 Å². The molecule has 4 rings (SSSR count). The molecule has 0 saturated carbocycles. The molecular formula is C23H19ClN2O2S3. The maximum Gasteiger partial charge on any atom is 0.234 e. The Morgan fingerprint density at radius 3 is 2.74 bits per heavy atom. The van der Waals surface area contributed by atoms with Crippen molar-refractivity contribution in [1.29, 1.82) is 0 Å². The summed E-state index contributed by atoms with van der Waals surface area (Å²) in [6.07, 6.45) is 0. The smallest absolute Gasteiger partial charge is 0.234 e. The number of anilines is 1. The van der Waals surface area contributed by atoms with Gasteiger partial charge in [0, 0.05) is 14.8 Å². The zero-order valence-electron chi connectivity index (χ0n) is 16.6. The maximum absolute atomic E-state index is 12.6. The van der Waals surface area contributed by atoms with Gasteiger partial charge in [-0.05, 0) is 61.5 Å². The molecule has 0 saturated heterocycles. The number of hydrogen-bond donors (Lipinski definition) is 1. The lowest BCUT2D eigenvalue weighted by Gasteiger charge is -2.10. The van der Waals surface area contributed by atoms with Crippen LogP contribution < -0.4 is 10.1 Å². The average Bonchev–Trinajstić information content (AvgIpc) is 3.18. The fourth-order valence-corrected chi connectivity index (χ4v) is 5.73. The Morgan fingerprint density at radius 1 is 1.13 bits per heavy atom. The molecule has 8 heteroatoms. The topological polar surface area (TPSA) is 51.2 Å². The number of fused-ring (bicyclic) bond motifs is 1. The van der Waals surface area contributed by atoms with Gasteiger partial charge in [-0.25, -0.2) is 4.98 Å². The minimum atomic E-state index is -0.0663. The number of thioether (sulfide) groups is 1. The van der Waals surface area contributed by atoms with Gasteiger partial charge in [-0.1, -0.05) is 47.3 Å². The number of nitrogens with one attached hydrogen (secondary N) is 1. The molecular weight excluding hydrogens is 468 g/mol. The van der Waals surface area contributed by atoms with Gasteiger partial charge in [-0.3, -0.25) is 4.79 Å². The van der Waals surface area contributed by atoms with Crippen LogP contribution >= 0.6 is 46.5 Å². The van der Waals surface area contributed by atoms with Crippen molar-refractivity contribution in [2.45, 2.75) is 21.1 Å². The summed E-state index contributed by atoms with van der Waals surface area (Å²) in [4.78, 5) is 19.2. The second kappa shape index (κ2) is 10.4. The molecule has 4 nitrogen and oxygen atoms in total. The summed E-state index contributed by atoms with van der Waals surface area (Å²) in [5, 5.41) is 3.72. The molecule has 4 aromatic rings. The predicted molar refractivity (Wildman–Crippen MR) is 132 cm³/mol. The summed E-state index contributed by atoms with van der Waals surface area (Å²) in [7, 11) is 0. The number of halogens is 1. The second-order valence-corrected chi connectivity index (χ2v) is 10.2. The summed E-state index contributed by atoms with van der Waals surface area (Å²) in [5.74, 6) is 1.06. The molecule has 31 heavy (non-hydrogen) atoms. The van der Waals surface area contributed by atoms with Crippen LogP contribution in [0.4, 0.5) is 5.69 Å². The highest BCUT2D eigenvalue weighted by atomic mass is 35.5. The van der Waals surface area contributed by atoms with Crippen LogP contribution in [0.5, 0.6) is 5.75 Å². The van der Waals surface area contributed by atoms with Gasteiger partial charge in [-0.15, -0.1) is 11.3 Å². The fourth-order valence-electron chi connectivity index (χ4n) is 2.80. The number of thiazole rings is 1. The average molecular weight is 487 g/mol. The lowest BCUT2D eigenvalue weighted by molar-refractivity contribution is -0.113. The molecule has 1 aromatic heterocycles. The second-order valence-electron chi connectivity index (χ2n) is 6.43. The Labute approximate surface area is 198 Å². The summed E-state index contributed by atoms with van der Waals surface area (Å²) >= 11 is 10.6. The molecule has 158 valence electrons. The molecule has 1 amide bonds.